The Morgan fingerprint density at radius 2 is 0.882 bits per heavy atom. The second-order valence-corrected chi connectivity index (χ2v) is 13.2. The Morgan fingerprint density at radius 3 is 1.65 bits per heavy atom. The van der Waals surface area contributed by atoms with Crippen LogP contribution in [0.1, 0.15) is 0 Å². The molecular formula is C47H28N4. The quantitative estimate of drug-likeness (QED) is 0.178. The van der Waals surface area contributed by atoms with Gasteiger partial charge in [0.1, 0.15) is 0 Å². The number of hydrogen-bond donors (Lipinski definition) is 0. The van der Waals surface area contributed by atoms with Crippen LogP contribution in [0.25, 0.3) is 105 Å². The summed E-state index contributed by atoms with van der Waals surface area (Å²) in [6.07, 6.45) is 0. The molecule has 0 radical (unpaired) electrons. The number of rotatable bonds is 4. The fraction of sp³-hybridized carbons (Fsp3) is 0. The number of benzene rings is 9. The van der Waals surface area contributed by atoms with Crippen LogP contribution >= 0.6 is 0 Å². The first kappa shape index (κ1) is 28.0. The van der Waals surface area contributed by atoms with Gasteiger partial charge in [0.05, 0.1) is 16.7 Å². The highest BCUT2D eigenvalue weighted by molar-refractivity contribution is 6.39. The smallest absolute Gasteiger partial charge is 0.164 e. The summed E-state index contributed by atoms with van der Waals surface area (Å²) in [6, 6.07) is 60.2. The molecule has 9 aromatic carbocycles. The van der Waals surface area contributed by atoms with E-state index in [9.17, 15) is 0 Å². The van der Waals surface area contributed by atoms with Crippen LogP contribution in [-0.4, -0.2) is 19.5 Å². The third-order valence-electron chi connectivity index (χ3n) is 10.4. The van der Waals surface area contributed by atoms with Gasteiger partial charge in [0.25, 0.3) is 0 Å². The van der Waals surface area contributed by atoms with Crippen molar-refractivity contribution in [3.63, 3.8) is 0 Å². The van der Waals surface area contributed by atoms with Crippen LogP contribution in [0.4, 0.5) is 0 Å². The summed E-state index contributed by atoms with van der Waals surface area (Å²) in [5.41, 5.74) is 6.40. The van der Waals surface area contributed by atoms with Gasteiger partial charge in [0.2, 0.25) is 0 Å². The van der Waals surface area contributed by atoms with E-state index in [4.69, 9.17) is 15.0 Å². The van der Waals surface area contributed by atoms with Gasteiger partial charge in [-0.2, -0.15) is 0 Å². The summed E-state index contributed by atoms with van der Waals surface area (Å²) < 4.78 is 2.47. The van der Waals surface area contributed by atoms with Crippen molar-refractivity contribution < 1.29 is 0 Å². The second kappa shape index (κ2) is 10.8. The molecule has 0 spiro atoms. The summed E-state index contributed by atoms with van der Waals surface area (Å²) >= 11 is 0. The Labute approximate surface area is 293 Å². The van der Waals surface area contributed by atoms with Gasteiger partial charge in [-0.15, -0.1) is 0 Å². The van der Waals surface area contributed by atoms with E-state index in [1.54, 1.807) is 0 Å². The van der Waals surface area contributed by atoms with Gasteiger partial charge in [-0.1, -0.05) is 152 Å². The molecule has 0 fully saturated rings. The van der Waals surface area contributed by atoms with Crippen LogP contribution in [-0.2, 0) is 0 Å². The maximum atomic E-state index is 5.10. The van der Waals surface area contributed by atoms with Gasteiger partial charge in [-0.05, 0) is 50.5 Å². The van der Waals surface area contributed by atoms with Gasteiger partial charge in [-0.25, -0.2) is 15.0 Å². The summed E-state index contributed by atoms with van der Waals surface area (Å²) in [5.74, 6) is 1.96. The molecule has 0 aliphatic heterocycles. The van der Waals surface area contributed by atoms with Crippen molar-refractivity contribution in [1.29, 1.82) is 0 Å². The lowest BCUT2D eigenvalue weighted by Gasteiger charge is -2.15. The Balaban J connectivity index is 1.23. The largest absolute Gasteiger partial charge is 0.309 e. The van der Waals surface area contributed by atoms with Crippen molar-refractivity contribution >= 4 is 64.9 Å². The molecule has 0 atom stereocenters. The maximum absolute atomic E-state index is 5.10. The number of hydrogen-bond acceptors (Lipinski definition) is 3. The van der Waals surface area contributed by atoms with Crippen molar-refractivity contribution in [1.82, 2.24) is 19.5 Å². The first-order valence-corrected chi connectivity index (χ1v) is 17.3. The Bertz CT molecular complexity index is 3060. The molecule has 0 bridgehead atoms. The Kier molecular flexibility index (Phi) is 5.92. The molecule has 0 N–H and O–H groups in total. The molecule has 4 nitrogen and oxygen atoms in total. The molecule has 0 unspecified atom stereocenters. The highest BCUT2D eigenvalue weighted by Crippen LogP contribution is 2.47. The minimum atomic E-state index is 0.650. The van der Waals surface area contributed by atoms with Crippen molar-refractivity contribution in [2.75, 3.05) is 0 Å². The molecule has 11 aromatic rings. The molecule has 0 aliphatic carbocycles. The average molecular weight is 649 g/mol. The molecule has 2 heterocycles. The zero-order chi connectivity index (χ0) is 33.5. The van der Waals surface area contributed by atoms with Crippen molar-refractivity contribution in [3.05, 3.63) is 170 Å². The third kappa shape index (κ3) is 4.11. The van der Waals surface area contributed by atoms with E-state index in [2.05, 4.69) is 138 Å². The Morgan fingerprint density at radius 1 is 0.333 bits per heavy atom. The van der Waals surface area contributed by atoms with E-state index < -0.39 is 0 Å². The molecule has 0 aliphatic rings. The molecule has 2 aromatic heterocycles. The third-order valence-corrected chi connectivity index (χ3v) is 10.4. The van der Waals surface area contributed by atoms with Crippen LogP contribution < -0.4 is 0 Å². The Hall–Kier alpha value is -6.91. The van der Waals surface area contributed by atoms with E-state index in [-0.39, 0.29) is 0 Å². The van der Waals surface area contributed by atoms with Crippen molar-refractivity contribution in [2.45, 2.75) is 0 Å². The minimum absolute atomic E-state index is 0.650. The van der Waals surface area contributed by atoms with E-state index in [0.29, 0.717) is 17.5 Å². The molecular weight excluding hydrogens is 621 g/mol. The topological polar surface area (TPSA) is 43.6 Å². The van der Waals surface area contributed by atoms with Crippen LogP contribution in [0.2, 0.25) is 0 Å². The first-order chi connectivity index (χ1) is 25.3. The fourth-order valence-corrected chi connectivity index (χ4v) is 8.19. The van der Waals surface area contributed by atoms with Gasteiger partial charge in [-0.3, -0.25) is 0 Å². The molecule has 0 amide bonds. The van der Waals surface area contributed by atoms with Crippen LogP contribution in [0, 0.1) is 0 Å². The van der Waals surface area contributed by atoms with Crippen LogP contribution in [0.5, 0.6) is 0 Å². The summed E-state index contributed by atoms with van der Waals surface area (Å²) in [7, 11) is 0. The SMILES string of the molecule is c1ccc(-c2nc(-c3ccccc3)nc(-c3cccc4c(-n5c6cccc7c8ccccc8c8c9ccccc9cc5c8c76)cccc34)n2)cc1. The molecule has 11 rings (SSSR count). The van der Waals surface area contributed by atoms with Crippen molar-refractivity contribution in [2.24, 2.45) is 0 Å². The van der Waals surface area contributed by atoms with E-state index >= 15 is 0 Å². The van der Waals surface area contributed by atoms with Crippen LogP contribution in [0.15, 0.2) is 170 Å². The van der Waals surface area contributed by atoms with Gasteiger partial charge in [0.15, 0.2) is 17.5 Å². The van der Waals surface area contributed by atoms with E-state index in [0.717, 1.165) is 33.2 Å². The van der Waals surface area contributed by atoms with E-state index in [1.165, 1.54) is 54.1 Å². The predicted molar refractivity (Wildman–Crippen MR) is 212 cm³/mol. The summed E-state index contributed by atoms with van der Waals surface area (Å²) in [4.78, 5) is 15.1. The maximum Gasteiger partial charge on any atom is 0.164 e. The molecule has 0 saturated heterocycles. The van der Waals surface area contributed by atoms with E-state index in [1.807, 2.05) is 36.4 Å². The first-order valence-electron chi connectivity index (χ1n) is 17.3. The zero-order valence-electron chi connectivity index (χ0n) is 27.5. The predicted octanol–water partition coefficient (Wildman–Crippen LogP) is 12.0. The summed E-state index contributed by atoms with van der Waals surface area (Å²) in [6.45, 7) is 0. The van der Waals surface area contributed by atoms with Crippen LogP contribution in [0.3, 0.4) is 0 Å². The second-order valence-electron chi connectivity index (χ2n) is 13.2. The lowest BCUT2D eigenvalue weighted by atomic mass is 9.91. The molecule has 4 heteroatoms. The zero-order valence-corrected chi connectivity index (χ0v) is 27.5. The number of nitrogens with zero attached hydrogens (tertiary/aromatic N) is 4. The highest BCUT2D eigenvalue weighted by Gasteiger charge is 2.23. The standard InChI is InChI=1S/C47H28N4/c1-3-14-29(15-4-1)45-48-46(30-16-5-2-6-17-30)50-47(49-45)38-25-11-23-35-33(38)22-12-26-39(35)51-40-27-13-24-37-34-20-9-10-21-36(34)42-32-19-8-7-18-31(32)28-41(51)44(42)43(37)40/h1-28H. The molecule has 51 heavy (non-hydrogen) atoms. The van der Waals surface area contributed by atoms with Gasteiger partial charge < -0.3 is 4.57 Å². The lowest BCUT2D eigenvalue weighted by Crippen LogP contribution is -2.01. The summed E-state index contributed by atoms with van der Waals surface area (Å²) in [5, 5.41) is 12.5. The molecule has 0 saturated carbocycles. The van der Waals surface area contributed by atoms with Gasteiger partial charge in [0, 0.05) is 38.2 Å². The minimum Gasteiger partial charge on any atom is -0.309 e. The monoisotopic (exact) mass is 648 g/mol. The number of fused-ring (bicyclic) bond motifs is 6. The normalized spacial score (nSPS) is 11.9. The fourth-order valence-electron chi connectivity index (χ4n) is 8.19. The van der Waals surface area contributed by atoms with Gasteiger partial charge >= 0.3 is 0 Å². The molecule has 236 valence electrons. The average Bonchev–Trinajstić information content (AvgIpc) is 3.54. The number of aromatic nitrogens is 4. The van der Waals surface area contributed by atoms with Crippen molar-refractivity contribution in [3.8, 4) is 39.9 Å². The lowest BCUT2D eigenvalue weighted by molar-refractivity contribution is 1.08. The highest BCUT2D eigenvalue weighted by atomic mass is 15.0.